The Morgan fingerprint density at radius 1 is 1.03 bits per heavy atom. The van der Waals surface area contributed by atoms with Gasteiger partial charge in [-0.05, 0) is 68.3 Å². The summed E-state index contributed by atoms with van der Waals surface area (Å²) in [5.74, 6) is 0.974. The molecule has 0 spiro atoms. The predicted molar refractivity (Wildman–Crippen MR) is 134 cm³/mol. The first-order valence-electron chi connectivity index (χ1n) is 12.7. The van der Waals surface area contributed by atoms with Crippen molar-refractivity contribution in [3.63, 3.8) is 0 Å². The minimum absolute atomic E-state index is 0.127. The summed E-state index contributed by atoms with van der Waals surface area (Å²) in [5.41, 5.74) is 3.54. The van der Waals surface area contributed by atoms with Crippen molar-refractivity contribution in [1.29, 1.82) is 0 Å². The second-order valence-corrected chi connectivity index (χ2v) is 9.87. The van der Waals surface area contributed by atoms with Gasteiger partial charge in [0.1, 0.15) is 5.82 Å². The Labute approximate surface area is 206 Å². The maximum absolute atomic E-state index is 12.7. The molecular formula is C28H33N5O2. The lowest BCUT2D eigenvalue weighted by molar-refractivity contribution is 0.0632. The van der Waals surface area contributed by atoms with Crippen molar-refractivity contribution in [2.45, 2.75) is 58.0 Å². The zero-order chi connectivity index (χ0) is 24.4. The Kier molecular flexibility index (Phi) is 6.77. The van der Waals surface area contributed by atoms with Crippen molar-refractivity contribution in [2.24, 2.45) is 5.92 Å². The van der Waals surface area contributed by atoms with Gasteiger partial charge in [0.25, 0.3) is 11.8 Å². The quantitative estimate of drug-likeness (QED) is 0.352. The van der Waals surface area contributed by atoms with Crippen LogP contribution in [0.4, 0.5) is 0 Å². The van der Waals surface area contributed by atoms with Crippen LogP contribution in [0.5, 0.6) is 0 Å². The number of imidazole rings is 1. The van der Waals surface area contributed by atoms with Gasteiger partial charge in [-0.15, -0.1) is 0 Å². The molecule has 1 aliphatic heterocycles. The summed E-state index contributed by atoms with van der Waals surface area (Å²) in [7, 11) is 0. The zero-order valence-corrected chi connectivity index (χ0v) is 20.5. The number of benzene rings is 1. The lowest BCUT2D eigenvalue weighted by Crippen LogP contribution is -2.39. The average molecular weight is 472 g/mol. The minimum atomic E-state index is -0.177. The Bertz CT molecular complexity index is 1150. The molecule has 5 rings (SSSR count). The number of aromatic nitrogens is 3. The van der Waals surface area contributed by atoms with Gasteiger partial charge < -0.3 is 4.98 Å². The number of carbonyl (C=O) groups excluding carboxylic acids is 2. The second kappa shape index (κ2) is 10.1. The number of unbranched alkanes of at least 4 members (excludes halogenated alkanes) is 1. The summed E-state index contributed by atoms with van der Waals surface area (Å²) in [6.07, 6.45) is 10.5. The molecule has 0 fully saturated rings. The number of H-pyrrole nitrogens is 1. The van der Waals surface area contributed by atoms with Crippen molar-refractivity contribution in [2.75, 3.05) is 13.1 Å². The van der Waals surface area contributed by atoms with Crippen molar-refractivity contribution in [3.05, 3.63) is 83.2 Å². The first kappa shape index (κ1) is 23.4. The molecule has 2 aromatic heterocycles. The fourth-order valence-electron chi connectivity index (χ4n) is 5.70. The lowest BCUT2D eigenvalue weighted by Gasteiger charge is -2.41. The molecule has 0 radical (unpaired) electrons. The summed E-state index contributed by atoms with van der Waals surface area (Å²) in [5, 5.41) is 0. The molecule has 182 valence electrons. The van der Waals surface area contributed by atoms with Crippen LogP contribution in [0.1, 0.15) is 89.4 Å². The van der Waals surface area contributed by atoms with E-state index in [-0.39, 0.29) is 23.9 Å². The molecule has 1 N–H and O–H groups in total. The van der Waals surface area contributed by atoms with Gasteiger partial charge in [-0.2, -0.15) is 0 Å². The third kappa shape index (κ3) is 4.52. The lowest BCUT2D eigenvalue weighted by atomic mass is 9.88. The molecule has 2 aliphatic rings. The number of pyridine rings is 1. The smallest absolute Gasteiger partial charge is 0.261 e. The van der Waals surface area contributed by atoms with E-state index in [0.717, 1.165) is 44.5 Å². The van der Waals surface area contributed by atoms with Crippen LogP contribution in [0, 0.1) is 5.92 Å². The summed E-state index contributed by atoms with van der Waals surface area (Å²) in [6.45, 7) is 5.75. The summed E-state index contributed by atoms with van der Waals surface area (Å²) in [4.78, 5) is 42.2. The first-order chi connectivity index (χ1) is 17.1. The summed E-state index contributed by atoms with van der Waals surface area (Å²) in [6, 6.07) is 11.7. The third-order valence-electron chi connectivity index (χ3n) is 7.28. The summed E-state index contributed by atoms with van der Waals surface area (Å²) < 4.78 is 0. The molecule has 0 bridgehead atoms. The number of hydrogen-bond acceptors (Lipinski definition) is 5. The van der Waals surface area contributed by atoms with E-state index < -0.39 is 0 Å². The Hall–Kier alpha value is -3.32. The number of nitrogens with one attached hydrogen (secondary N) is 1. The number of carbonyl (C=O) groups is 2. The SMILES string of the molecule is CC(C)C(c1ncc[nH]1)N(CCCCN1C(=O)c2ccccc2C1=O)C1CCCc2cccnc21. The summed E-state index contributed by atoms with van der Waals surface area (Å²) >= 11 is 0. The number of aromatic amines is 1. The normalized spacial score (nSPS) is 18.3. The van der Waals surface area contributed by atoms with Crippen LogP contribution < -0.4 is 0 Å². The number of aryl methyl sites for hydroxylation is 1. The standard InChI is InChI=1S/C28H33N5O2/c1-19(2)25(26-30-15-16-31-26)32(23-13-7-9-20-10-8-14-29-24(20)23)17-5-6-18-33-27(34)21-11-3-4-12-22(21)28(33)35/h3-4,8,10-12,14-16,19,23,25H,5-7,9,13,17-18H2,1-2H3,(H,30,31). The largest absolute Gasteiger partial charge is 0.347 e. The van der Waals surface area contributed by atoms with Gasteiger partial charge in [-0.3, -0.25) is 24.4 Å². The van der Waals surface area contributed by atoms with Gasteiger partial charge in [0.15, 0.2) is 0 Å². The molecule has 0 saturated carbocycles. The molecule has 35 heavy (non-hydrogen) atoms. The van der Waals surface area contributed by atoms with Crippen LogP contribution in [0.25, 0.3) is 0 Å². The number of nitrogens with zero attached hydrogens (tertiary/aromatic N) is 4. The molecule has 2 unspecified atom stereocenters. The number of hydrogen-bond donors (Lipinski definition) is 1. The van der Waals surface area contributed by atoms with Crippen LogP contribution in [0.3, 0.4) is 0 Å². The number of imide groups is 1. The first-order valence-corrected chi connectivity index (χ1v) is 12.7. The number of rotatable bonds is 9. The Morgan fingerprint density at radius 2 is 1.80 bits per heavy atom. The van der Waals surface area contributed by atoms with Gasteiger partial charge >= 0.3 is 0 Å². The fourth-order valence-corrected chi connectivity index (χ4v) is 5.70. The molecule has 3 heterocycles. The van der Waals surface area contributed by atoms with Crippen LogP contribution in [-0.2, 0) is 6.42 Å². The fraction of sp³-hybridized carbons (Fsp3) is 0.429. The van der Waals surface area contributed by atoms with Gasteiger partial charge in [0, 0.05) is 25.1 Å². The van der Waals surface area contributed by atoms with E-state index >= 15 is 0 Å². The molecule has 1 aliphatic carbocycles. The maximum atomic E-state index is 12.7. The minimum Gasteiger partial charge on any atom is -0.347 e. The van der Waals surface area contributed by atoms with Crippen LogP contribution in [0.2, 0.25) is 0 Å². The highest BCUT2D eigenvalue weighted by atomic mass is 16.2. The van der Waals surface area contributed by atoms with Gasteiger partial charge in [0.2, 0.25) is 0 Å². The van der Waals surface area contributed by atoms with E-state index in [2.05, 4.69) is 34.8 Å². The molecule has 7 nitrogen and oxygen atoms in total. The molecule has 1 aromatic carbocycles. The molecule has 0 saturated heterocycles. The highest BCUT2D eigenvalue weighted by Gasteiger charge is 2.36. The van der Waals surface area contributed by atoms with Crippen molar-refractivity contribution >= 4 is 11.8 Å². The van der Waals surface area contributed by atoms with E-state index in [9.17, 15) is 9.59 Å². The van der Waals surface area contributed by atoms with E-state index in [4.69, 9.17) is 4.98 Å². The van der Waals surface area contributed by atoms with Gasteiger partial charge in [-0.25, -0.2) is 4.98 Å². The Balaban J connectivity index is 1.33. The van der Waals surface area contributed by atoms with Crippen molar-refractivity contribution in [1.82, 2.24) is 24.8 Å². The highest BCUT2D eigenvalue weighted by molar-refractivity contribution is 6.21. The third-order valence-corrected chi connectivity index (χ3v) is 7.28. The van der Waals surface area contributed by atoms with Crippen LogP contribution in [-0.4, -0.2) is 49.7 Å². The topological polar surface area (TPSA) is 82.2 Å². The zero-order valence-electron chi connectivity index (χ0n) is 20.5. The van der Waals surface area contributed by atoms with Gasteiger partial charge in [-0.1, -0.05) is 32.0 Å². The second-order valence-electron chi connectivity index (χ2n) is 9.87. The molecule has 7 heteroatoms. The predicted octanol–water partition coefficient (Wildman–Crippen LogP) is 4.96. The molecule has 2 amide bonds. The highest BCUT2D eigenvalue weighted by Crippen LogP contribution is 2.40. The van der Waals surface area contributed by atoms with E-state index in [1.807, 2.05) is 36.8 Å². The van der Waals surface area contributed by atoms with Crippen molar-refractivity contribution < 1.29 is 9.59 Å². The number of fused-ring (bicyclic) bond motifs is 2. The molecular weight excluding hydrogens is 438 g/mol. The molecule has 3 aromatic rings. The van der Waals surface area contributed by atoms with E-state index in [1.54, 1.807) is 12.1 Å². The average Bonchev–Trinajstić information content (AvgIpc) is 3.48. The van der Waals surface area contributed by atoms with Crippen LogP contribution in [0.15, 0.2) is 55.0 Å². The van der Waals surface area contributed by atoms with E-state index in [1.165, 1.54) is 16.2 Å². The van der Waals surface area contributed by atoms with Crippen LogP contribution >= 0.6 is 0 Å². The van der Waals surface area contributed by atoms with E-state index in [0.29, 0.717) is 23.6 Å². The van der Waals surface area contributed by atoms with Crippen molar-refractivity contribution in [3.8, 4) is 0 Å². The monoisotopic (exact) mass is 471 g/mol. The molecule has 2 atom stereocenters. The van der Waals surface area contributed by atoms with Gasteiger partial charge in [0.05, 0.1) is 28.9 Å². The number of amides is 2. The maximum Gasteiger partial charge on any atom is 0.261 e. The Morgan fingerprint density at radius 3 is 2.49 bits per heavy atom.